The fourth-order valence-electron chi connectivity index (χ4n) is 2.61. The largest absolute Gasteiger partial charge is 0.493 e. The van der Waals surface area contributed by atoms with Crippen molar-refractivity contribution in [1.82, 2.24) is 4.31 Å². The summed E-state index contributed by atoms with van der Waals surface area (Å²) in [5.41, 5.74) is 0.441. The standard InChI is InChI=1S/C17H16N2O6S/c1-24-14-9-8-13(10-15(14)25-2)26(22,23)19-16(20)11-18(17(19)21)12-6-4-3-5-7-12/h3-10H,11H2,1-2H3. The van der Waals surface area contributed by atoms with Gasteiger partial charge in [-0.25, -0.2) is 13.2 Å². The zero-order valence-electron chi connectivity index (χ0n) is 14.1. The molecular weight excluding hydrogens is 360 g/mol. The summed E-state index contributed by atoms with van der Waals surface area (Å²) in [6.07, 6.45) is 0. The first kappa shape index (κ1) is 17.7. The first-order chi connectivity index (χ1) is 12.4. The number of amides is 3. The van der Waals surface area contributed by atoms with Crippen molar-refractivity contribution in [2.24, 2.45) is 0 Å². The number of hydrogen-bond acceptors (Lipinski definition) is 6. The number of anilines is 1. The van der Waals surface area contributed by atoms with E-state index in [0.717, 1.165) is 4.90 Å². The molecule has 0 aliphatic carbocycles. The molecule has 1 heterocycles. The fraction of sp³-hybridized carbons (Fsp3) is 0.176. The molecule has 0 bridgehead atoms. The average molecular weight is 376 g/mol. The number of carbonyl (C=O) groups is 2. The molecule has 0 radical (unpaired) electrons. The lowest BCUT2D eigenvalue weighted by Gasteiger charge is -2.18. The molecule has 1 aliphatic rings. The Hall–Kier alpha value is -3.07. The van der Waals surface area contributed by atoms with Crippen molar-refractivity contribution >= 4 is 27.6 Å². The highest BCUT2D eigenvalue weighted by molar-refractivity contribution is 7.90. The summed E-state index contributed by atoms with van der Waals surface area (Å²) in [6, 6.07) is 11.3. The van der Waals surface area contributed by atoms with Crippen LogP contribution >= 0.6 is 0 Å². The number of methoxy groups -OCH3 is 2. The van der Waals surface area contributed by atoms with Crippen molar-refractivity contribution in [2.45, 2.75) is 4.90 Å². The van der Waals surface area contributed by atoms with E-state index in [1.807, 2.05) is 0 Å². The number of hydrogen-bond donors (Lipinski definition) is 0. The Bertz CT molecular complexity index is 958. The molecule has 0 spiro atoms. The van der Waals surface area contributed by atoms with Crippen molar-refractivity contribution in [3.63, 3.8) is 0 Å². The Morgan fingerprint density at radius 2 is 1.58 bits per heavy atom. The van der Waals surface area contributed by atoms with E-state index in [4.69, 9.17) is 9.47 Å². The summed E-state index contributed by atoms with van der Waals surface area (Å²) in [6.45, 7) is -0.352. The molecule has 0 unspecified atom stereocenters. The predicted molar refractivity (Wildman–Crippen MR) is 92.8 cm³/mol. The molecule has 9 heteroatoms. The molecule has 3 amide bonds. The van der Waals surface area contributed by atoms with E-state index in [1.165, 1.54) is 32.4 Å². The number of para-hydroxylation sites is 1. The van der Waals surface area contributed by atoms with Crippen LogP contribution in [0.1, 0.15) is 0 Å². The zero-order valence-corrected chi connectivity index (χ0v) is 14.9. The van der Waals surface area contributed by atoms with E-state index < -0.39 is 22.0 Å². The van der Waals surface area contributed by atoms with Gasteiger partial charge in [-0.3, -0.25) is 9.69 Å². The number of sulfonamides is 1. The van der Waals surface area contributed by atoms with Crippen molar-refractivity contribution < 1.29 is 27.5 Å². The van der Waals surface area contributed by atoms with Crippen molar-refractivity contribution in [3.8, 4) is 11.5 Å². The second-order valence-corrected chi connectivity index (χ2v) is 7.17. The minimum atomic E-state index is -4.38. The Morgan fingerprint density at radius 1 is 0.923 bits per heavy atom. The maximum Gasteiger partial charge on any atom is 0.346 e. The fourth-order valence-corrected chi connectivity index (χ4v) is 3.95. The molecule has 0 atom stereocenters. The van der Waals surface area contributed by atoms with Gasteiger partial charge in [0.05, 0.1) is 19.1 Å². The van der Waals surface area contributed by atoms with Crippen LogP contribution in [-0.4, -0.2) is 45.4 Å². The summed E-state index contributed by atoms with van der Waals surface area (Å²) in [4.78, 5) is 25.8. The molecule has 3 rings (SSSR count). The second kappa shape index (κ2) is 6.68. The van der Waals surface area contributed by atoms with Crippen molar-refractivity contribution in [3.05, 3.63) is 48.5 Å². The maximum atomic E-state index is 12.9. The molecule has 26 heavy (non-hydrogen) atoms. The molecular formula is C17H16N2O6S. The minimum Gasteiger partial charge on any atom is -0.493 e. The molecule has 1 fully saturated rings. The highest BCUT2D eigenvalue weighted by Gasteiger charge is 2.45. The third kappa shape index (κ3) is 2.86. The maximum absolute atomic E-state index is 12.9. The van der Waals surface area contributed by atoms with Crippen LogP contribution in [-0.2, 0) is 14.8 Å². The molecule has 2 aromatic rings. The minimum absolute atomic E-state index is 0.174. The van der Waals surface area contributed by atoms with Gasteiger partial charge >= 0.3 is 6.03 Å². The van der Waals surface area contributed by atoms with Crippen LogP contribution in [0, 0.1) is 0 Å². The third-order valence-electron chi connectivity index (χ3n) is 3.89. The van der Waals surface area contributed by atoms with Crippen LogP contribution in [0.5, 0.6) is 11.5 Å². The van der Waals surface area contributed by atoms with Crippen LogP contribution in [0.25, 0.3) is 0 Å². The Balaban J connectivity index is 2.00. The predicted octanol–water partition coefficient (Wildman–Crippen LogP) is 1.86. The van der Waals surface area contributed by atoms with Gasteiger partial charge in [-0.15, -0.1) is 4.31 Å². The van der Waals surface area contributed by atoms with Crippen LogP contribution in [0.4, 0.5) is 10.5 Å². The summed E-state index contributed by atoms with van der Waals surface area (Å²) in [5, 5.41) is 0. The van der Waals surface area contributed by atoms with E-state index in [-0.39, 0.29) is 21.5 Å². The molecule has 0 aromatic heterocycles. The van der Waals surface area contributed by atoms with Gasteiger partial charge in [-0.2, -0.15) is 0 Å². The van der Waals surface area contributed by atoms with Gasteiger partial charge in [0.15, 0.2) is 11.5 Å². The first-order valence-electron chi connectivity index (χ1n) is 7.57. The van der Waals surface area contributed by atoms with Gasteiger partial charge in [0.2, 0.25) is 0 Å². The van der Waals surface area contributed by atoms with E-state index in [0.29, 0.717) is 11.4 Å². The van der Waals surface area contributed by atoms with E-state index >= 15 is 0 Å². The quantitative estimate of drug-likeness (QED) is 0.740. The van der Waals surface area contributed by atoms with Gasteiger partial charge < -0.3 is 9.47 Å². The first-order valence-corrected chi connectivity index (χ1v) is 9.01. The molecule has 1 saturated heterocycles. The number of urea groups is 1. The molecule has 2 aromatic carbocycles. The van der Waals surface area contributed by atoms with Crippen LogP contribution in [0.2, 0.25) is 0 Å². The molecule has 0 saturated carbocycles. The van der Waals surface area contributed by atoms with E-state index in [1.54, 1.807) is 30.3 Å². The third-order valence-corrected chi connectivity index (χ3v) is 5.58. The number of benzene rings is 2. The topological polar surface area (TPSA) is 93.2 Å². The van der Waals surface area contributed by atoms with Crippen LogP contribution < -0.4 is 14.4 Å². The summed E-state index contributed by atoms with van der Waals surface area (Å²) in [5.74, 6) is -0.322. The highest BCUT2D eigenvalue weighted by atomic mass is 32.2. The molecule has 136 valence electrons. The summed E-state index contributed by atoms with van der Waals surface area (Å²) < 4.78 is 36.2. The van der Waals surface area contributed by atoms with Crippen molar-refractivity contribution in [1.29, 1.82) is 0 Å². The smallest absolute Gasteiger partial charge is 0.346 e. The highest BCUT2D eigenvalue weighted by Crippen LogP contribution is 2.32. The number of nitrogens with zero attached hydrogens (tertiary/aromatic N) is 2. The zero-order chi connectivity index (χ0) is 18.9. The van der Waals surface area contributed by atoms with Gasteiger partial charge in [-0.05, 0) is 24.3 Å². The van der Waals surface area contributed by atoms with Gasteiger partial charge in [0, 0.05) is 11.8 Å². The lowest BCUT2D eigenvalue weighted by molar-refractivity contribution is -0.121. The number of ether oxygens (including phenoxy) is 2. The van der Waals surface area contributed by atoms with Gasteiger partial charge in [0.1, 0.15) is 6.54 Å². The van der Waals surface area contributed by atoms with Gasteiger partial charge in [0.25, 0.3) is 15.9 Å². The molecule has 1 aliphatic heterocycles. The Labute approximate surface area is 150 Å². The van der Waals surface area contributed by atoms with Crippen molar-refractivity contribution in [2.75, 3.05) is 25.7 Å². The summed E-state index contributed by atoms with van der Waals surface area (Å²) >= 11 is 0. The van der Waals surface area contributed by atoms with Gasteiger partial charge in [-0.1, -0.05) is 18.2 Å². The van der Waals surface area contributed by atoms with E-state index in [9.17, 15) is 18.0 Å². The monoisotopic (exact) mass is 376 g/mol. The summed E-state index contributed by atoms with van der Waals surface area (Å²) in [7, 11) is -1.61. The normalized spacial score (nSPS) is 14.7. The average Bonchev–Trinajstić information content (AvgIpc) is 2.96. The Kier molecular flexibility index (Phi) is 4.56. The number of rotatable bonds is 5. The van der Waals surface area contributed by atoms with Crippen LogP contribution in [0.3, 0.4) is 0 Å². The lowest BCUT2D eigenvalue weighted by Crippen LogP contribution is -2.38. The van der Waals surface area contributed by atoms with Crippen LogP contribution in [0.15, 0.2) is 53.4 Å². The number of imide groups is 1. The molecule has 8 nitrogen and oxygen atoms in total. The lowest BCUT2D eigenvalue weighted by atomic mass is 10.3. The van der Waals surface area contributed by atoms with E-state index in [2.05, 4.69) is 0 Å². The SMILES string of the molecule is COc1ccc(S(=O)(=O)N2C(=O)CN(c3ccccc3)C2=O)cc1OC. The Morgan fingerprint density at radius 3 is 2.19 bits per heavy atom. The molecule has 0 N–H and O–H groups in total. The number of carbonyl (C=O) groups excluding carboxylic acids is 2. The second-order valence-electron chi connectivity index (χ2n) is 5.38.